The number of nitrogens with one attached hydrogen (secondary N) is 2. The second-order valence-corrected chi connectivity index (χ2v) is 7.07. The summed E-state index contributed by atoms with van der Waals surface area (Å²) < 4.78 is 29.7. The van der Waals surface area contributed by atoms with Crippen LogP contribution >= 0.6 is 11.6 Å². The molecule has 1 saturated heterocycles. The van der Waals surface area contributed by atoms with Crippen molar-refractivity contribution in [2.75, 3.05) is 31.6 Å². The van der Waals surface area contributed by atoms with Gasteiger partial charge in [0.1, 0.15) is 18.2 Å². The molecule has 1 aliphatic rings. The fraction of sp³-hybridized carbons (Fsp3) is 0.400. The van der Waals surface area contributed by atoms with Crippen molar-refractivity contribution in [2.45, 2.75) is 25.4 Å². The normalized spacial score (nSPS) is 16.9. The third-order valence-corrected chi connectivity index (χ3v) is 4.82. The van der Waals surface area contributed by atoms with Crippen molar-refractivity contribution in [1.29, 1.82) is 0 Å². The summed E-state index contributed by atoms with van der Waals surface area (Å²) in [6, 6.07) is 10.9. The van der Waals surface area contributed by atoms with Gasteiger partial charge < -0.3 is 20.3 Å². The topological polar surface area (TPSA) is 61.8 Å². The zero-order valence-electron chi connectivity index (χ0n) is 16.1. The predicted octanol–water partition coefficient (Wildman–Crippen LogP) is 3.32. The SMILES string of the molecule is CN=C(NCc1cccc(OCC(F)F)c1)NC1CCN(c2ncccc2Cl)C1. The molecular weight excluding hydrogens is 400 g/mol. The molecule has 2 heterocycles. The maximum atomic E-state index is 12.3. The Kier molecular flexibility index (Phi) is 7.46. The number of anilines is 1. The number of ether oxygens (including phenoxy) is 1. The molecule has 1 aliphatic heterocycles. The molecule has 0 spiro atoms. The number of hydrogen-bond acceptors (Lipinski definition) is 4. The Balaban J connectivity index is 1.50. The van der Waals surface area contributed by atoms with E-state index in [1.165, 1.54) is 0 Å². The van der Waals surface area contributed by atoms with Gasteiger partial charge in [-0.15, -0.1) is 0 Å². The van der Waals surface area contributed by atoms with Crippen LogP contribution < -0.4 is 20.3 Å². The van der Waals surface area contributed by atoms with Crippen LogP contribution in [-0.2, 0) is 6.54 Å². The lowest BCUT2D eigenvalue weighted by molar-refractivity contribution is 0.0818. The van der Waals surface area contributed by atoms with Crippen LogP contribution in [0.4, 0.5) is 14.6 Å². The minimum absolute atomic E-state index is 0.208. The van der Waals surface area contributed by atoms with Crippen LogP contribution in [0, 0.1) is 0 Å². The summed E-state index contributed by atoms with van der Waals surface area (Å²) in [7, 11) is 1.71. The van der Waals surface area contributed by atoms with Gasteiger partial charge in [0.15, 0.2) is 5.96 Å². The first-order chi connectivity index (χ1) is 14.0. The maximum absolute atomic E-state index is 12.3. The molecule has 1 fully saturated rings. The molecule has 1 unspecified atom stereocenters. The second-order valence-electron chi connectivity index (χ2n) is 6.66. The Hall–Kier alpha value is -2.61. The second kappa shape index (κ2) is 10.2. The molecule has 0 radical (unpaired) electrons. The van der Waals surface area contributed by atoms with Crippen molar-refractivity contribution in [1.82, 2.24) is 15.6 Å². The van der Waals surface area contributed by atoms with E-state index in [9.17, 15) is 8.78 Å². The van der Waals surface area contributed by atoms with E-state index in [4.69, 9.17) is 16.3 Å². The minimum Gasteiger partial charge on any atom is -0.488 e. The molecule has 1 atom stereocenters. The standard InChI is InChI=1S/C20H24ClF2N5O/c1-24-20(26-11-14-4-2-5-16(10-14)29-13-18(22)23)27-15-7-9-28(12-15)19-17(21)6-3-8-25-19/h2-6,8,10,15,18H,7,9,11-13H2,1H3,(H2,24,26,27). The van der Waals surface area contributed by atoms with Crippen molar-refractivity contribution < 1.29 is 13.5 Å². The number of hydrogen-bond donors (Lipinski definition) is 2. The molecule has 6 nitrogen and oxygen atoms in total. The van der Waals surface area contributed by atoms with Crippen LogP contribution in [0.5, 0.6) is 5.75 Å². The highest BCUT2D eigenvalue weighted by atomic mass is 35.5. The van der Waals surface area contributed by atoms with Gasteiger partial charge in [-0.25, -0.2) is 13.8 Å². The van der Waals surface area contributed by atoms with Crippen LogP contribution in [0.15, 0.2) is 47.6 Å². The highest BCUT2D eigenvalue weighted by Gasteiger charge is 2.25. The van der Waals surface area contributed by atoms with Gasteiger partial charge in [-0.2, -0.15) is 0 Å². The maximum Gasteiger partial charge on any atom is 0.272 e. The molecule has 0 saturated carbocycles. The van der Waals surface area contributed by atoms with Gasteiger partial charge in [-0.1, -0.05) is 23.7 Å². The largest absolute Gasteiger partial charge is 0.488 e. The Bertz CT molecular complexity index is 836. The summed E-state index contributed by atoms with van der Waals surface area (Å²) in [5, 5.41) is 7.29. The number of benzene rings is 1. The van der Waals surface area contributed by atoms with E-state index < -0.39 is 13.0 Å². The van der Waals surface area contributed by atoms with Crippen LogP contribution in [0.1, 0.15) is 12.0 Å². The fourth-order valence-electron chi connectivity index (χ4n) is 3.16. The van der Waals surface area contributed by atoms with Crippen LogP contribution in [0.2, 0.25) is 5.02 Å². The zero-order valence-corrected chi connectivity index (χ0v) is 16.9. The quantitative estimate of drug-likeness (QED) is 0.528. The number of aliphatic imine (C=N–C) groups is 1. The van der Waals surface area contributed by atoms with E-state index in [0.717, 1.165) is 30.9 Å². The van der Waals surface area contributed by atoms with Gasteiger partial charge in [0, 0.05) is 38.9 Å². The number of guanidine groups is 1. The highest BCUT2D eigenvalue weighted by molar-refractivity contribution is 6.32. The third kappa shape index (κ3) is 6.19. The van der Waals surface area contributed by atoms with E-state index in [1.807, 2.05) is 18.2 Å². The van der Waals surface area contributed by atoms with Gasteiger partial charge in [0.25, 0.3) is 6.43 Å². The number of alkyl halides is 2. The molecule has 0 bridgehead atoms. The molecule has 29 heavy (non-hydrogen) atoms. The summed E-state index contributed by atoms with van der Waals surface area (Å²) in [4.78, 5) is 10.8. The predicted molar refractivity (Wildman–Crippen MR) is 111 cm³/mol. The first-order valence-corrected chi connectivity index (χ1v) is 9.75. The number of nitrogens with zero attached hydrogens (tertiary/aromatic N) is 3. The first kappa shape index (κ1) is 21.1. The number of rotatable bonds is 7. The molecule has 1 aromatic heterocycles. The molecule has 2 N–H and O–H groups in total. The Labute approximate surface area is 173 Å². The fourth-order valence-corrected chi connectivity index (χ4v) is 3.40. The number of pyridine rings is 1. The summed E-state index contributed by atoms with van der Waals surface area (Å²) >= 11 is 6.24. The Morgan fingerprint density at radius 1 is 1.38 bits per heavy atom. The minimum atomic E-state index is -2.49. The van der Waals surface area contributed by atoms with Crippen molar-refractivity contribution in [3.8, 4) is 5.75 Å². The summed E-state index contributed by atoms with van der Waals surface area (Å²) in [5.41, 5.74) is 0.910. The molecule has 0 amide bonds. The van der Waals surface area contributed by atoms with Crippen molar-refractivity contribution in [3.05, 3.63) is 53.2 Å². The lowest BCUT2D eigenvalue weighted by Gasteiger charge is -2.20. The average Bonchev–Trinajstić information content (AvgIpc) is 3.18. The Morgan fingerprint density at radius 3 is 3.00 bits per heavy atom. The van der Waals surface area contributed by atoms with Gasteiger partial charge in [0.2, 0.25) is 0 Å². The summed E-state index contributed by atoms with van der Waals surface area (Å²) in [5.74, 6) is 1.89. The highest BCUT2D eigenvalue weighted by Crippen LogP contribution is 2.25. The third-order valence-electron chi connectivity index (χ3n) is 4.53. The smallest absolute Gasteiger partial charge is 0.272 e. The van der Waals surface area contributed by atoms with Crippen LogP contribution in [0.25, 0.3) is 0 Å². The van der Waals surface area contributed by atoms with Crippen LogP contribution in [-0.4, -0.2) is 50.2 Å². The molecular formula is C20H24ClF2N5O. The van der Waals surface area contributed by atoms with E-state index in [0.29, 0.717) is 23.3 Å². The van der Waals surface area contributed by atoms with Crippen LogP contribution in [0.3, 0.4) is 0 Å². The average molecular weight is 424 g/mol. The molecule has 2 aromatic rings. The van der Waals surface area contributed by atoms with Crippen molar-refractivity contribution in [3.63, 3.8) is 0 Å². The zero-order chi connectivity index (χ0) is 20.6. The number of halogens is 3. The van der Waals surface area contributed by atoms with Gasteiger partial charge >= 0.3 is 0 Å². The van der Waals surface area contributed by atoms with Crippen molar-refractivity contribution >= 4 is 23.4 Å². The van der Waals surface area contributed by atoms with Gasteiger partial charge in [-0.3, -0.25) is 4.99 Å². The van der Waals surface area contributed by atoms with E-state index in [-0.39, 0.29) is 6.04 Å². The van der Waals surface area contributed by atoms with E-state index in [1.54, 1.807) is 31.4 Å². The lowest BCUT2D eigenvalue weighted by Crippen LogP contribution is -2.44. The lowest BCUT2D eigenvalue weighted by atomic mass is 10.2. The number of aromatic nitrogens is 1. The Morgan fingerprint density at radius 2 is 2.24 bits per heavy atom. The molecule has 1 aromatic carbocycles. The molecule has 9 heteroatoms. The molecule has 156 valence electrons. The monoisotopic (exact) mass is 423 g/mol. The van der Waals surface area contributed by atoms with E-state index >= 15 is 0 Å². The summed E-state index contributed by atoms with van der Waals surface area (Å²) in [6.07, 6.45) is 0.179. The van der Waals surface area contributed by atoms with Gasteiger partial charge in [-0.05, 0) is 36.2 Å². The molecule has 3 rings (SSSR count). The molecule has 0 aliphatic carbocycles. The first-order valence-electron chi connectivity index (χ1n) is 9.37. The van der Waals surface area contributed by atoms with Crippen molar-refractivity contribution in [2.24, 2.45) is 4.99 Å². The van der Waals surface area contributed by atoms with E-state index in [2.05, 4.69) is 25.5 Å². The van der Waals surface area contributed by atoms with Gasteiger partial charge in [0.05, 0.1) is 5.02 Å². The summed E-state index contributed by atoms with van der Waals surface area (Å²) in [6.45, 7) is 1.51.